The topological polar surface area (TPSA) is 71.4 Å². The second kappa shape index (κ2) is 13.2. The fourth-order valence-electron chi connectivity index (χ4n) is 8.94. The van der Waals surface area contributed by atoms with E-state index in [1.54, 1.807) is 11.3 Å². The van der Waals surface area contributed by atoms with E-state index in [-0.39, 0.29) is 0 Å². The molecule has 0 spiro atoms. The number of thiophene rings is 1. The van der Waals surface area contributed by atoms with E-state index in [2.05, 4.69) is 155 Å². The predicted molar refractivity (Wildman–Crippen MR) is 252 cm³/mol. The molecule has 0 radical (unpaired) electrons. The number of benzene rings is 8. The summed E-state index contributed by atoms with van der Waals surface area (Å²) in [4.78, 5) is 21.9. The lowest BCUT2D eigenvalue weighted by molar-refractivity contribution is 0.668. The van der Waals surface area contributed by atoms with E-state index in [0.29, 0.717) is 5.82 Å². The van der Waals surface area contributed by atoms with Gasteiger partial charge in [-0.25, -0.2) is 15.0 Å². The Morgan fingerprint density at radius 3 is 1.46 bits per heavy atom. The van der Waals surface area contributed by atoms with Crippen molar-refractivity contribution in [3.05, 3.63) is 188 Å². The number of aromatic nitrogens is 3. The van der Waals surface area contributed by atoms with Gasteiger partial charge in [0.2, 0.25) is 0 Å². The first kappa shape index (κ1) is 33.9. The Balaban J connectivity index is 0.981. The average molecular weight is 802 g/mol. The molecular weight excluding hydrogens is 771 g/mol. The smallest absolute Gasteiger partial charge is 0.157 e. The molecule has 0 atom stereocenters. The summed E-state index contributed by atoms with van der Waals surface area (Å²) < 4.78 is 12.8. The molecule has 0 saturated heterocycles. The van der Waals surface area contributed by atoms with Gasteiger partial charge in [-0.15, -0.1) is 0 Å². The first-order valence-electron chi connectivity index (χ1n) is 20.2. The van der Waals surface area contributed by atoms with E-state index in [9.17, 15) is 0 Å². The SMILES string of the molecule is c1ccc2c(N(c3ccc4c(c3)oc3ccccc34)c3ccc4c(n3)sc3nc(N(c5ccc6c(c5)oc5ccccc56)c5cccc6ccccc56)cnc34)cccc2c1. The van der Waals surface area contributed by atoms with Crippen molar-refractivity contribution in [3.8, 4) is 0 Å². The summed E-state index contributed by atoms with van der Waals surface area (Å²) in [6, 6.07) is 63.0. The molecule has 0 N–H and O–H groups in total. The maximum absolute atomic E-state index is 6.39. The van der Waals surface area contributed by atoms with Gasteiger partial charge in [0, 0.05) is 49.8 Å². The summed E-state index contributed by atoms with van der Waals surface area (Å²) in [5.74, 6) is 1.48. The Bertz CT molecular complexity index is 3620. The molecule has 5 aromatic heterocycles. The molecule has 0 aliphatic carbocycles. The molecule has 13 rings (SSSR count). The Morgan fingerprint density at radius 2 is 0.852 bits per heavy atom. The van der Waals surface area contributed by atoms with E-state index in [1.807, 2.05) is 42.6 Å². The molecule has 0 bridgehead atoms. The maximum atomic E-state index is 6.39. The van der Waals surface area contributed by atoms with Crippen molar-refractivity contribution in [2.24, 2.45) is 0 Å². The third-order valence-electron chi connectivity index (χ3n) is 11.7. The number of para-hydroxylation sites is 2. The minimum Gasteiger partial charge on any atom is -0.456 e. The molecule has 0 aliphatic rings. The second-order valence-electron chi connectivity index (χ2n) is 15.2. The van der Waals surface area contributed by atoms with E-state index in [4.69, 9.17) is 23.8 Å². The van der Waals surface area contributed by atoms with Crippen LogP contribution in [0, 0.1) is 0 Å². The summed E-state index contributed by atoms with van der Waals surface area (Å²) in [5.41, 5.74) is 8.06. The van der Waals surface area contributed by atoms with Crippen molar-refractivity contribution in [2.75, 3.05) is 9.80 Å². The number of anilines is 6. The molecule has 286 valence electrons. The normalized spacial score (nSPS) is 11.9. The number of pyridine rings is 1. The van der Waals surface area contributed by atoms with Gasteiger partial charge in [0.15, 0.2) is 5.82 Å². The number of nitrogens with zero attached hydrogens (tertiary/aromatic N) is 5. The zero-order valence-electron chi connectivity index (χ0n) is 32.4. The van der Waals surface area contributed by atoms with E-state index >= 15 is 0 Å². The Kier molecular flexibility index (Phi) is 7.34. The second-order valence-corrected chi connectivity index (χ2v) is 16.2. The third kappa shape index (κ3) is 5.32. The van der Waals surface area contributed by atoms with Crippen LogP contribution in [0.5, 0.6) is 0 Å². The number of hydrogen-bond acceptors (Lipinski definition) is 8. The average Bonchev–Trinajstić information content (AvgIpc) is 3.99. The molecule has 0 fully saturated rings. The van der Waals surface area contributed by atoms with Gasteiger partial charge in [0.25, 0.3) is 0 Å². The zero-order valence-corrected chi connectivity index (χ0v) is 33.2. The molecule has 8 aromatic carbocycles. The van der Waals surface area contributed by atoms with Gasteiger partial charge in [-0.05, 0) is 71.4 Å². The van der Waals surface area contributed by atoms with Gasteiger partial charge >= 0.3 is 0 Å². The van der Waals surface area contributed by atoms with Crippen LogP contribution in [0.4, 0.5) is 34.4 Å². The van der Waals surface area contributed by atoms with Crippen LogP contribution in [0.2, 0.25) is 0 Å². The highest BCUT2D eigenvalue weighted by atomic mass is 32.1. The quantitative estimate of drug-likeness (QED) is 0.166. The largest absolute Gasteiger partial charge is 0.456 e. The summed E-state index contributed by atoms with van der Waals surface area (Å²) in [7, 11) is 0. The monoisotopic (exact) mass is 801 g/mol. The zero-order chi connectivity index (χ0) is 40.0. The fourth-order valence-corrected chi connectivity index (χ4v) is 9.93. The molecular formula is C53H31N5O2S. The molecule has 0 aliphatic heterocycles. The van der Waals surface area contributed by atoms with Crippen LogP contribution in [0.1, 0.15) is 0 Å². The fraction of sp³-hybridized carbons (Fsp3) is 0. The highest BCUT2D eigenvalue weighted by Crippen LogP contribution is 2.44. The van der Waals surface area contributed by atoms with Crippen molar-refractivity contribution < 1.29 is 8.83 Å². The number of furan rings is 2. The van der Waals surface area contributed by atoms with Crippen molar-refractivity contribution in [2.45, 2.75) is 0 Å². The van der Waals surface area contributed by atoms with Gasteiger partial charge < -0.3 is 8.83 Å². The molecule has 61 heavy (non-hydrogen) atoms. The number of fused-ring (bicyclic) bond motifs is 11. The number of rotatable bonds is 6. The first-order chi connectivity index (χ1) is 30.2. The van der Waals surface area contributed by atoms with Crippen LogP contribution >= 0.6 is 11.3 Å². The van der Waals surface area contributed by atoms with Crippen LogP contribution in [0.3, 0.4) is 0 Å². The lowest BCUT2D eigenvalue weighted by atomic mass is 10.1. The standard InChI is InChI=1S/C53H31N5O2S/c1-3-15-36-32(11-1)13-9-19-43(36)57(34-23-25-40-38-17-5-7-21-45(38)59-47(40)29-34)49-28-27-42-51-53(61-52(42)55-49)56-50(31-54-51)58(44-20-10-14-33-12-2-4-16-37(33)44)35-24-26-41-39-18-6-8-22-46(39)60-48(41)30-35/h1-31H. The molecule has 0 saturated carbocycles. The van der Waals surface area contributed by atoms with Crippen LogP contribution in [0.15, 0.2) is 197 Å². The molecule has 13 aromatic rings. The molecule has 7 nitrogen and oxygen atoms in total. The lowest BCUT2D eigenvalue weighted by Crippen LogP contribution is -2.12. The van der Waals surface area contributed by atoms with Gasteiger partial charge in [-0.1, -0.05) is 121 Å². The van der Waals surface area contributed by atoms with Gasteiger partial charge in [0.05, 0.1) is 28.9 Å². The molecule has 0 amide bonds. The summed E-state index contributed by atoms with van der Waals surface area (Å²) >= 11 is 1.55. The number of hydrogen-bond donors (Lipinski definition) is 0. The van der Waals surface area contributed by atoms with Gasteiger partial charge in [-0.2, -0.15) is 0 Å². The van der Waals surface area contributed by atoms with Crippen molar-refractivity contribution in [1.29, 1.82) is 0 Å². The summed E-state index contributed by atoms with van der Waals surface area (Å²) in [5, 5.41) is 9.80. The Labute approximate surface area is 352 Å². The highest BCUT2D eigenvalue weighted by molar-refractivity contribution is 7.25. The predicted octanol–water partition coefficient (Wildman–Crippen LogP) is 15.3. The van der Waals surface area contributed by atoms with E-state index < -0.39 is 0 Å². The highest BCUT2D eigenvalue weighted by Gasteiger charge is 2.23. The van der Waals surface area contributed by atoms with E-state index in [1.165, 1.54) is 0 Å². The van der Waals surface area contributed by atoms with Gasteiger partial charge in [0.1, 0.15) is 43.3 Å². The van der Waals surface area contributed by atoms with Crippen molar-refractivity contribution in [1.82, 2.24) is 15.0 Å². The lowest BCUT2D eigenvalue weighted by Gasteiger charge is -2.25. The Morgan fingerprint density at radius 1 is 0.377 bits per heavy atom. The third-order valence-corrected chi connectivity index (χ3v) is 12.7. The summed E-state index contributed by atoms with van der Waals surface area (Å²) in [6.07, 6.45) is 1.87. The molecule has 5 heterocycles. The molecule has 0 unspecified atom stereocenters. The minimum atomic E-state index is 0.697. The van der Waals surface area contributed by atoms with Crippen LogP contribution in [-0.2, 0) is 0 Å². The minimum absolute atomic E-state index is 0.697. The van der Waals surface area contributed by atoms with Crippen LogP contribution < -0.4 is 9.80 Å². The maximum Gasteiger partial charge on any atom is 0.157 e. The van der Waals surface area contributed by atoms with Crippen molar-refractivity contribution >= 4 is 132 Å². The van der Waals surface area contributed by atoms with Crippen LogP contribution in [-0.4, -0.2) is 15.0 Å². The Hall–Kier alpha value is -8.07. The van der Waals surface area contributed by atoms with Crippen molar-refractivity contribution in [3.63, 3.8) is 0 Å². The van der Waals surface area contributed by atoms with Gasteiger partial charge in [-0.3, -0.25) is 9.80 Å². The first-order valence-corrected chi connectivity index (χ1v) is 21.0. The summed E-state index contributed by atoms with van der Waals surface area (Å²) in [6.45, 7) is 0. The molecule has 8 heteroatoms. The van der Waals surface area contributed by atoms with Crippen LogP contribution in [0.25, 0.3) is 86.0 Å². The van der Waals surface area contributed by atoms with E-state index in [0.717, 1.165) is 115 Å².